The van der Waals surface area contributed by atoms with Gasteiger partial charge in [0.2, 0.25) is 5.91 Å². The molecule has 0 aromatic heterocycles. The topological polar surface area (TPSA) is 111 Å². The van der Waals surface area contributed by atoms with Gasteiger partial charge in [-0.05, 0) is 70.3 Å². The van der Waals surface area contributed by atoms with E-state index in [1.54, 1.807) is 36.4 Å². The maximum Gasteiger partial charge on any atom is 0.343 e. The average Bonchev–Trinajstić information content (AvgIpc) is 3.05. The summed E-state index contributed by atoms with van der Waals surface area (Å²) in [6, 6.07) is 12.1. The minimum absolute atomic E-state index is 0.175. The molecule has 0 saturated carbocycles. The van der Waals surface area contributed by atoms with Crippen molar-refractivity contribution in [1.82, 2.24) is 4.90 Å². The van der Waals surface area contributed by atoms with Crippen LogP contribution >= 0.6 is 34.4 Å². The summed E-state index contributed by atoms with van der Waals surface area (Å²) in [4.78, 5) is 49.8. The van der Waals surface area contributed by atoms with Crippen LogP contribution in [-0.2, 0) is 19.1 Å². The standard InChI is InChI=1S/C22H19IN2O7S/c1-30-16-9-13(8-15(23)20(16)32-12-19(27)31-2)10-17-21(28)25(22(29)33-17)11-18(26)24-14-6-4-3-5-7-14/h3-10H,11-12H2,1-2H3,(H,24,26)/b17-10-. The van der Waals surface area contributed by atoms with E-state index in [0.29, 0.717) is 26.3 Å². The van der Waals surface area contributed by atoms with Gasteiger partial charge in [-0.2, -0.15) is 0 Å². The van der Waals surface area contributed by atoms with E-state index in [-0.39, 0.29) is 11.5 Å². The fraction of sp³-hybridized carbons (Fsp3) is 0.182. The molecule has 0 atom stereocenters. The number of nitrogens with zero attached hydrogens (tertiary/aromatic N) is 1. The highest BCUT2D eigenvalue weighted by molar-refractivity contribution is 14.1. The second-order valence-electron chi connectivity index (χ2n) is 6.58. The summed E-state index contributed by atoms with van der Waals surface area (Å²) >= 11 is 2.76. The molecule has 0 spiro atoms. The molecular formula is C22H19IN2O7S. The van der Waals surface area contributed by atoms with Gasteiger partial charge in [0.1, 0.15) is 6.54 Å². The molecule has 33 heavy (non-hydrogen) atoms. The van der Waals surface area contributed by atoms with Crippen LogP contribution in [0.3, 0.4) is 0 Å². The van der Waals surface area contributed by atoms with Gasteiger partial charge in [0, 0.05) is 5.69 Å². The van der Waals surface area contributed by atoms with Crippen LogP contribution in [0.2, 0.25) is 0 Å². The Morgan fingerprint density at radius 2 is 1.88 bits per heavy atom. The van der Waals surface area contributed by atoms with Crippen LogP contribution in [0.4, 0.5) is 10.5 Å². The lowest BCUT2D eigenvalue weighted by molar-refractivity contribution is -0.143. The summed E-state index contributed by atoms with van der Waals surface area (Å²) in [6.07, 6.45) is 1.54. The van der Waals surface area contributed by atoms with Crippen LogP contribution in [0.5, 0.6) is 11.5 Å². The van der Waals surface area contributed by atoms with Crippen molar-refractivity contribution < 1.29 is 33.4 Å². The zero-order chi connectivity index (χ0) is 24.0. The van der Waals surface area contributed by atoms with Crippen molar-refractivity contribution >= 4 is 69.1 Å². The van der Waals surface area contributed by atoms with E-state index in [2.05, 4.69) is 10.1 Å². The van der Waals surface area contributed by atoms with Gasteiger partial charge in [-0.3, -0.25) is 19.3 Å². The summed E-state index contributed by atoms with van der Waals surface area (Å²) in [6.45, 7) is -0.676. The number of rotatable bonds is 8. The first kappa shape index (κ1) is 24.6. The van der Waals surface area contributed by atoms with Crippen molar-refractivity contribution in [3.8, 4) is 11.5 Å². The minimum Gasteiger partial charge on any atom is -0.493 e. The number of ether oxygens (including phenoxy) is 3. The summed E-state index contributed by atoms with van der Waals surface area (Å²) in [5.74, 6) is -0.881. The van der Waals surface area contributed by atoms with E-state index in [1.807, 2.05) is 28.7 Å². The number of hydrogen-bond donors (Lipinski definition) is 1. The molecule has 3 amide bonds. The summed E-state index contributed by atoms with van der Waals surface area (Å²) in [5.41, 5.74) is 1.15. The van der Waals surface area contributed by atoms with Crippen molar-refractivity contribution in [3.05, 3.63) is 56.5 Å². The van der Waals surface area contributed by atoms with Crippen molar-refractivity contribution in [3.63, 3.8) is 0 Å². The highest BCUT2D eigenvalue weighted by atomic mass is 127. The third-order valence-corrected chi connectivity index (χ3v) is 6.05. The molecule has 0 unspecified atom stereocenters. The fourth-order valence-electron chi connectivity index (χ4n) is 2.81. The molecule has 9 nitrogen and oxygen atoms in total. The maximum absolute atomic E-state index is 12.8. The number of nitrogens with one attached hydrogen (secondary N) is 1. The van der Waals surface area contributed by atoms with E-state index in [0.717, 1.165) is 16.7 Å². The molecule has 1 aliphatic heterocycles. The monoisotopic (exact) mass is 582 g/mol. The molecule has 1 saturated heterocycles. The number of anilines is 1. The number of hydrogen-bond acceptors (Lipinski definition) is 8. The van der Waals surface area contributed by atoms with Crippen LogP contribution in [0.15, 0.2) is 47.4 Å². The summed E-state index contributed by atoms with van der Waals surface area (Å²) in [7, 11) is 2.70. The van der Waals surface area contributed by atoms with Crippen LogP contribution in [0.1, 0.15) is 5.56 Å². The molecule has 11 heteroatoms. The van der Waals surface area contributed by atoms with Crippen LogP contribution < -0.4 is 14.8 Å². The molecule has 172 valence electrons. The lowest BCUT2D eigenvalue weighted by atomic mass is 10.2. The number of carbonyl (C=O) groups excluding carboxylic acids is 4. The molecule has 1 heterocycles. The van der Waals surface area contributed by atoms with Gasteiger partial charge in [-0.1, -0.05) is 18.2 Å². The Bertz CT molecular complexity index is 1120. The quantitative estimate of drug-likeness (QED) is 0.286. The van der Waals surface area contributed by atoms with E-state index in [4.69, 9.17) is 9.47 Å². The van der Waals surface area contributed by atoms with Gasteiger partial charge >= 0.3 is 5.97 Å². The summed E-state index contributed by atoms with van der Waals surface area (Å²) in [5, 5.41) is 2.12. The number of benzene rings is 2. The molecular weight excluding hydrogens is 563 g/mol. The third kappa shape index (κ3) is 6.26. The highest BCUT2D eigenvalue weighted by Gasteiger charge is 2.36. The number of esters is 1. The fourth-order valence-corrected chi connectivity index (χ4v) is 4.43. The maximum atomic E-state index is 12.8. The predicted molar refractivity (Wildman–Crippen MR) is 131 cm³/mol. The molecule has 0 aliphatic carbocycles. The van der Waals surface area contributed by atoms with Gasteiger partial charge in [-0.15, -0.1) is 0 Å². The van der Waals surface area contributed by atoms with Crippen LogP contribution in [0.25, 0.3) is 6.08 Å². The van der Waals surface area contributed by atoms with E-state index in [9.17, 15) is 19.2 Å². The molecule has 0 radical (unpaired) electrons. The zero-order valence-corrected chi connectivity index (χ0v) is 20.6. The van der Waals surface area contributed by atoms with Gasteiger partial charge in [0.15, 0.2) is 18.1 Å². The first-order valence-corrected chi connectivity index (χ1v) is 11.4. The zero-order valence-electron chi connectivity index (χ0n) is 17.6. The van der Waals surface area contributed by atoms with Crippen molar-refractivity contribution in [2.45, 2.75) is 0 Å². The number of methoxy groups -OCH3 is 2. The SMILES string of the molecule is COC(=O)COc1c(I)cc(/C=C2\SC(=O)N(CC(=O)Nc3ccccc3)C2=O)cc1OC. The van der Waals surface area contributed by atoms with Gasteiger partial charge < -0.3 is 19.5 Å². The van der Waals surface area contributed by atoms with E-state index >= 15 is 0 Å². The van der Waals surface area contributed by atoms with Crippen molar-refractivity contribution in [1.29, 1.82) is 0 Å². The van der Waals surface area contributed by atoms with E-state index < -0.39 is 29.6 Å². The molecule has 1 N–H and O–H groups in total. The second-order valence-corrected chi connectivity index (χ2v) is 8.74. The van der Waals surface area contributed by atoms with Crippen molar-refractivity contribution in [2.24, 2.45) is 0 Å². The molecule has 0 bridgehead atoms. The minimum atomic E-state index is -0.562. The first-order valence-electron chi connectivity index (χ1n) is 9.49. The van der Waals surface area contributed by atoms with Gasteiger partial charge in [-0.25, -0.2) is 4.79 Å². The number of halogens is 1. The smallest absolute Gasteiger partial charge is 0.343 e. The largest absolute Gasteiger partial charge is 0.493 e. The van der Waals surface area contributed by atoms with Gasteiger partial charge in [0.25, 0.3) is 11.1 Å². The second kappa shape index (κ2) is 11.2. The summed E-state index contributed by atoms with van der Waals surface area (Å²) < 4.78 is 16.0. The molecule has 3 rings (SSSR count). The normalized spacial score (nSPS) is 14.4. The Labute approximate surface area is 207 Å². The van der Waals surface area contributed by atoms with E-state index in [1.165, 1.54) is 20.3 Å². The number of imide groups is 1. The Kier molecular flexibility index (Phi) is 8.33. The molecule has 1 fully saturated rings. The molecule has 2 aromatic carbocycles. The third-order valence-electron chi connectivity index (χ3n) is 4.34. The highest BCUT2D eigenvalue weighted by Crippen LogP contribution is 2.37. The predicted octanol–water partition coefficient (Wildman–Crippen LogP) is 3.53. The Morgan fingerprint density at radius 1 is 1.15 bits per heavy atom. The number of amides is 3. The lowest BCUT2D eigenvalue weighted by Gasteiger charge is -2.13. The number of para-hydroxylation sites is 1. The number of carbonyl (C=O) groups is 4. The average molecular weight is 582 g/mol. The Balaban J connectivity index is 1.74. The van der Waals surface area contributed by atoms with Crippen LogP contribution in [0, 0.1) is 3.57 Å². The van der Waals surface area contributed by atoms with Crippen LogP contribution in [-0.4, -0.2) is 55.3 Å². The Morgan fingerprint density at radius 3 is 2.55 bits per heavy atom. The Hall–Kier alpha value is -3.06. The number of thioether (sulfide) groups is 1. The van der Waals surface area contributed by atoms with Crippen molar-refractivity contribution in [2.75, 3.05) is 32.7 Å². The lowest BCUT2D eigenvalue weighted by Crippen LogP contribution is -2.36. The molecule has 1 aliphatic rings. The molecule has 2 aromatic rings. The van der Waals surface area contributed by atoms with Gasteiger partial charge in [0.05, 0.1) is 22.7 Å². The first-order chi connectivity index (χ1) is 15.8.